The summed E-state index contributed by atoms with van der Waals surface area (Å²) in [4.78, 5) is 24.0. The molecule has 0 saturated heterocycles. The van der Waals surface area contributed by atoms with Crippen molar-refractivity contribution in [1.29, 1.82) is 0 Å². The first-order valence-corrected chi connectivity index (χ1v) is 11.2. The molecule has 2 heterocycles. The first kappa shape index (κ1) is 21.8. The average molecular weight is 451 g/mol. The van der Waals surface area contributed by atoms with E-state index in [1.165, 1.54) is 5.56 Å². The highest BCUT2D eigenvalue weighted by Crippen LogP contribution is 2.31. The minimum absolute atomic E-state index is 0.00127. The highest BCUT2D eigenvalue weighted by molar-refractivity contribution is 7.22. The van der Waals surface area contributed by atoms with Crippen molar-refractivity contribution in [1.82, 2.24) is 14.5 Å². The lowest BCUT2D eigenvalue weighted by Crippen LogP contribution is -2.33. The number of imidazole rings is 1. The Morgan fingerprint density at radius 2 is 1.97 bits per heavy atom. The molecule has 1 amide bonds. The van der Waals surface area contributed by atoms with Gasteiger partial charge in [-0.05, 0) is 48.7 Å². The number of hydrogen-bond acceptors (Lipinski definition) is 6. The maximum Gasteiger partial charge on any atom is 0.233 e. The molecule has 0 aliphatic rings. The van der Waals surface area contributed by atoms with Gasteiger partial charge >= 0.3 is 0 Å². The third-order valence-electron chi connectivity index (χ3n) is 5.23. The fourth-order valence-electron chi connectivity index (χ4n) is 3.55. The van der Waals surface area contributed by atoms with Gasteiger partial charge in [0.2, 0.25) is 5.91 Å². The predicted molar refractivity (Wildman–Crippen MR) is 127 cm³/mol. The number of aryl methyl sites for hydroxylation is 2. The van der Waals surface area contributed by atoms with Gasteiger partial charge in [0.15, 0.2) is 16.6 Å². The van der Waals surface area contributed by atoms with Crippen LogP contribution in [0.5, 0.6) is 11.5 Å². The molecule has 4 rings (SSSR count). The molecule has 0 aliphatic heterocycles. The van der Waals surface area contributed by atoms with Crippen molar-refractivity contribution in [2.45, 2.75) is 26.3 Å². The largest absolute Gasteiger partial charge is 0.493 e. The van der Waals surface area contributed by atoms with Gasteiger partial charge in [0.1, 0.15) is 0 Å². The van der Waals surface area contributed by atoms with Gasteiger partial charge in [0, 0.05) is 25.5 Å². The van der Waals surface area contributed by atoms with Crippen LogP contribution in [-0.4, -0.2) is 41.2 Å². The summed E-state index contributed by atoms with van der Waals surface area (Å²) in [5, 5.41) is 0.724. The highest BCUT2D eigenvalue weighted by Gasteiger charge is 2.20. The molecular formula is C24H26N4O3S. The number of nitrogens with zero attached hydrogens (tertiary/aromatic N) is 4. The van der Waals surface area contributed by atoms with E-state index in [1.807, 2.05) is 41.1 Å². The lowest BCUT2D eigenvalue weighted by molar-refractivity contribution is -0.118. The van der Waals surface area contributed by atoms with Gasteiger partial charge in [-0.15, -0.1) is 0 Å². The van der Waals surface area contributed by atoms with Gasteiger partial charge in [-0.2, -0.15) is 0 Å². The van der Waals surface area contributed by atoms with E-state index in [1.54, 1.807) is 43.0 Å². The maximum atomic E-state index is 13.4. The molecule has 2 aromatic heterocycles. The Morgan fingerprint density at radius 3 is 2.72 bits per heavy atom. The Morgan fingerprint density at radius 1 is 1.12 bits per heavy atom. The third-order valence-corrected chi connectivity index (χ3v) is 6.27. The minimum atomic E-state index is -0.00127. The van der Waals surface area contributed by atoms with E-state index >= 15 is 0 Å². The van der Waals surface area contributed by atoms with Crippen molar-refractivity contribution >= 4 is 32.6 Å². The van der Waals surface area contributed by atoms with Crippen LogP contribution >= 0.6 is 11.3 Å². The zero-order valence-electron chi connectivity index (χ0n) is 18.4. The third kappa shape index (κ3) is 4.91. The van der Waals surface area contributed by atoms with E-state index in [0.29, 0.717) is 18.0 Å². The van der Waals surface area contributed by atoms with Crippen molar-refractivity contribution in [3.8, 4) is 11.5 Å². The van der Waals surface area contributed by atoms with Crippen molar-refractivity contribution in [2.75, 3.05) is 25.7 Å². The van der Waals surface area contributed by atoms with E-state index < -0.39 is 0 Å². The van der Waals surface area contributed by atoms with Crippen LogP contribution in [-0.2, 0) is 17.8 Å². The van der Waals surface area contributed by atoms with E-state index in [9.17, 15) is 4.79 Å². The number of carbonyl (C=O) groups is 1. The van der Waals surface area contributed by atoms with Gasteiger partial charge in [-0.25, -0.2) is 9.97 Å². The van der Waals surface area contributed by atoms with Crippen molar-refractivity contribution in [3.63, 3.8) is 0 Å². The summed E-state index contributed by atoms with van der Waals surface area (Å²) in [6.45, 7) is 3.41. The summed E-state index contributed by atoms with van der Waals surface area (Å²) in [7, 11) is 3.19. The zero-order chi connectivity index (χ0) is 22.5. The number of anilines is 1. The van der Waals surface area contributed by atoms with Crippen molar-refractivity contribution in [3.05, 3.63) is 66.2 Å². The zero-order valence-corrected chi connectivity index (χ0v) is 19.3. The van der Waals surface area contributed by atoms with Gasteiger partial charge in [0.05, 0.1) is 37.2 Å². The number of ether oxygens (including phenoxy) is 2. The fourth-order valence-corrected chi connectivity index (χ4v) is 4.66. The molecule has 0 N–H and O–H groups in total. The Hall–Kier alpha value is -3.39. The second kappa shape index (κ2) is 9.82. The normalized spacial score (nSPS) is 11.0. The molecular weight excluding hydrogens is 424 g/mol. The quantitative estimate of drug-likeness (QED) is 0.376. The van der Waals surface area contributed by atoms with Gasteiger partial charge < -0.3 is 14.0 Å². The lowest BCUT2D eigenvalue weighted by atomic mass is 10.1. The van der Waals surface area contributed by atoms with Crippen molar-refractivity contribution in [2.24, 2.45) is 0 Å². The summed E-state index contributed by atoms with van der Waals surface area (Å²) in [6, 6.07) is 11.7. The molecule has 0 aliphatic carbocycles. The molecule has 0 atom stereocenters. The molecule has 7 nitrogen and oxygen atoms in total. The molecule has 0 saturated carbocycles. The molecule has 2 aromatic carbocycles. The molecule has 4 aromatic rings. The van der Waals surface area contributed by atoms with Crippen LogP contribution in [0.1, 0.15) is 17.5 Å². The number of methoxy groups -OCH3 is 2. The number of thiazole rings is 1. The number of benzene rings is 2. The second-order valence-corrected chi connectivity index (χ2v) is 8.54. The van der Waals surface area contributed by atoms with Gasteiger partial charge in [-0.3, -0.25) is 9.69 Å². The number of carbonyl (C=O) groups excluding carboxylic acids is 1. The molecule has 0 unspecified atom stereocenters. The van der Waals surface area contributed by atoms with Crippen LogP contribution in [0.2, 0.25) is 0 Å². The van der Waals surface area contributed by atoms with Crippen LogP contribution < -0.4 is 14.4 Å². The average Bonchev–Trinajstić information content (AvgIpc) is 3.45. The Bertz CT molecular complexity index is 1200. The number of fused-ring (bicyclic) bond motifs is 1. The SMILES string of the molecule is COc1ccc(CC(=O)N(CCCn2ccnc2)c2nc3ccc(C)cc3s2)cc1OC. The minimum Gasteiger partial charge on any atom is -0.493 e. The first-order chi connectivity index (χ1) is 15.6. The summed E-state index contributed by atoms with van der Waals surface area (Å²) in [5.41, 5.74) is 2.95. The van der Waals surface area contributed by atoms with E-state index in [-0.39, 0.29) is 12.3 Å². The summed E-state index contributed by atoms with van der Waals surface area (Å²) in [6.07, 6.45) is 6.52. The Labute approximate surface area is 191 Å². The van der Waals surface area contributed by atoms with E-state index in [0.717, 1.165) is 33.9 Å². The number of hydrogen-bond donors (Lipinski definition) is 0. The predicted octanol–water partition coefficient (Wildman–Crippen LogP) is 4.48. The first-order valence-electron chi connectivity index (χ1n) is 10.4. The Kier molecular flexibility index (Phi) is 6.70. The highest BCUT2D eigenvalue weighted by atomic mass is 32.1. The van der Waals surface area contributed by atoms with Gasteiger partial charge in [-0.1, -0.05) is 23.5 Å². The molecule has 166 valence electrons. The summed E-state index contributed by atoms with van der Waals surface area (Å²) < 4.78 is 13.8. The van der Waals surface area contributed by atoms with Crippen LogP contribution in [0.3, 0.4) is 0 Å². The standard InChI is InChI=1S/C24H26N4O3S/c1-17-5-7-19-22(13-17)32-24(26-19)28(11-4-10-27-12-9-25-16-27)23(29)15-18-6-8-20(30-2)21(14-18)31-3/h5-9,12-14,16H,4,10-11,15H2,1-3H3. The molecule has 0 fully saturated rings. The van der Waals surface area contributed by atoms with Crippen molar-refractivity contribution < 1.29 is 14.3 Å². The molecule has 8 heteroatoms. The Balaban J connectivity index is 1.57. The monoisotopic (exact) mass is 450 g/mol. The fraction of sp³-hybridized carbons (Fsp3) is 0.292. The van der Waals surface area contributed by atoms with E-state index in [4.69, 9.17) is 14.5 Å². The maximum absolute atomic E-state index is 13.4. The lowest BCUT2D eigenvalue weighted by Gasteiger charge is -2.20. The number of amides is 1. The molecule has 0 radical (unpaired) electrons. The smallest absolute Gasteiger partial charge is 0.233 e. The number of rotatable bonds is 9. The summed E-state index contributed by atoms with van der Waals surface area (Å²) in [5.74, 6) is 1.25. The number of aromatic nitrogens is 3. The molecule has 0 bridgehead atoms. The summed E-state index contributed by atoms with van der Waals surface area (Å²) >= 11 is 1.55. The van der Waals surface area contributed by atoms with Gasteiger partial charge in [0.25, 0.3) is 0 Å². The second-order valence-electron chi connectivity index (χ2n) is 7.53. The molecule has 0 spiro atoms. The van der Waals surface area contributed by atoms with Crippen LogP contribution in [0, 0.1) is 6.92 Å². The van der Waals surface area contributed by atoms with Crippen LogP contribution in [0.4, 0.5) is 5.13 Å². The van der Waals surface area contributed by atoms with Crippen LogP contribution in [0.15, 0.2) is 55.1 Å². The van der Waals surface area contributed by atoms with Crippen LogP contribution in [0.25, 0.3) is 10.2 Å². The molecule has 32 heavy (non-hydrogen) atoms. The topological polar surface area (TPSA) is 69.5 Å². The van der Waals surface area contributed by atoms with E-state index in [2.05, 4.69) is 18.0 Å².